The van der Waals surface area contributed by atoms with Gasteiger partial charge in [0.25, 0.3) is 5.91 Å². The summed E-state index contributed by atoms with van der Waals surface area (Å²) in [7, 11) is 1.63. The first-order valence-corrected chi connectivity index (χ1v) is 8.15. The van der Waals surface area contributed by atoms with E-state index in [1.54, 1.807) is 18.1 Å². The number of ether oxygens (including phenoxy) is 1. The molecule has 0 aromatic heterocycles. The molecule has 1 aromatic carbocycles. The quantitative estimate of drug-likeness (QED) is 0.841. The highest BCUT2D eigenvalue weighted by atomic mass is 16.5. The van der Waals surface area contributed by atoms with Gasteiger partial charge in [0.2, 0.25) is 5.91 Å². The van der Waals surface area contributed by atoms with E-state index in [1.807, 2.05) is 32.9 Å². The van der Waals surface area contributed by atoms with Crippen LogP contribution < -0.4 is 5.32 Å². The van der Waals surface area contributed by atoms with Crippen LogP contribution in [0.25, 0.3) is 0 Å². The molecule has 1 saturated carbocycles. The topological polar surface area (TPSA) is 58.6 Å². The lowest BCUT2D eigenvalue weighted by atomic mass is 10.1. The Hall–Kier alpha value is -1.88. The van der Waals surface area contributed by atoms with Gasteiger partial charge in [0.05, 0.1) is 6.61 Å². The minimum absolute atomic E-state index is 0.0426. The molecular formula is C18H26N2O3. The molecule has 1 aromatic rings. The third-order valence-electron chi connectivity index (χ3n) is 4.11. The van der Waals surface area contributed by atoms with Crippen molar-refractivity contribution in [3.8, 4) is 0 Å². The zero-order chi connectivity index (χ0) is 17.0. The van der Waals surface area contributed by atoms with Gasteiger partial charge in [-0.05, 0) is 51.3 Å². The third-order valence-corrected chi connectivity index (χ3v) is 4.11. The van der Waals surface area contributed by atoms with Crippen molar-refractivity contribution in [1.82, 2.24) is 4.90 Å². The fraction of sp³-hybridized carbons (Fsp3) is 0.556. The van der Waals surface area contributed by atoms with Crippen LogP contribution >= 0.6 is 0 Å². The molecule has 0 spiro atoms. The van der Waals surface area contributed by atoms with Crippen molar-refractivity contribution in [2.45, 2.75) is 39.7 Å². The second-order valence-electron chi connectivity index (χ2n) is 6.38. The van der Waals surface area contributed by atoms with E-state index >= 15 is 0 Å². The molecule has 126 valence electrons. The molecule has 23 heavy (non-hydrogen) atoms. The van der Waals surface area contributed by atoms with Gasteiger partial charge < -0.3 is 15.0 Å². The van der Waals surface area contributed by atoms with Gasteiger partial charge in [-0.15, -0.1) is 0 Å². The van der Waals surface area contributed by atoms with Gasteiger partial charge in [0.15, 0.2) is 0 Å². The van der Waals surface area contributed by atoms with Crippen LogP contribution in [-0.4, -0.2) is 43.0 Å². The lowest BCUT2D eigenvalue weighted by molar-refractivity contribution is -0.117. The Bertz CT molecular complexity index is 580. The summed E-state index contributed by atoms with van der Waals surface area (Å²) in [5, 5.41) is 2.94. The van der Waals surface area contributed by atoms with E-state index in [0.29, 0.717) is 18.7 Å². The maximum Gasteiger partial charge on any atom is 0.254 e. The normalized spacial score (nSPS) is 14.0. The van der Waals surface area contributed by atoms with Crippen LogP contribution in [0.3, 0.4) is 0 Å². The largest absolute Gasteiger partial charge is 0.383 e. The SMILES string of the molecule is COCCN(C(=O)c1ccc(C)c(NC(=O)C2CC2)c1)C(C)C. The summed E-state index contributed by atoms with van der Waals surface area (Å²) in [5.41, 5.74) is 2.28. The maximum atomic E-state index is 12.7. The molecule has 5 nitrogen and oxygen atoms in total. The molecule has 0 radical (unpaired) electrons. The number of amides is 2. The van der Waals surface area contributed by atoms with Crippen molar-refractivity contribution >= 4 is 17.5 Å². The lowest BCUT2D eigenvalue weighted by Gasteiger charge is -2.27. The Morgan fingerprint density at radius 1 is 1.35 bits per heavy atom. The Balaban J connectivity index is 2.17. The van der Waals surface area contributed by atoms with Crippen molar-refractivity contribution in [2.75, 3.05) is 25.6 Å². The number of aryl methyl sites for hydroxylation is 1. The van der Waals surface area contributed by atoms with Crippen LogP contribution in [0.4, 0.5) is 5.69 Å². The van der Waals surface area contributed by atoms with Gasteiger partial charge in [0.1, 0.15) is 0 Å². The summed E-state index contributed by atoms with van der Waals surface area (Å²) < 4.78 is 5.09. The lowest BCUT2D eigenvalue weighted by Crippen LogP contribution is -2.39. The molecular weight excluding hydrogens is 292 g/mol. The van der Waals surface area contributed by atoms with Gasteiger partial charge in [0, 0.05) is 36.9 Å². The van der Waals surface area contributed by atoms with E-state index in [4.69, 9.17) is 4.74 Å². The summed E-state index contributed by atoms with van der Waals surface area (Å²) in [6.45, 7) is 6.95. The van der Waals surface area contributed by atoms with Crippen LogP contribution in [0, 0.1) is 12.8 Å². The summed E-state index contributed by atoms with van der Waals surface area (Å²) in [6, 6.07) is 5.56. The molecule has 0 saturated heterocycles. The maximum absolute atomic E-state index is 12.7. The van der Waals surface area contributed by atoms with E-state index in [2.05, 4.69) is 5.32 Å². The summed E-state index contributed by atoms with van der Waals surface area (Å²) in [4.78, 5) is 26.5. The highest BCUT2D eigenvalue weighted by Crippen LogP contribution is 2.31. The molecule has 0 heterocycles. The summed E-state index contributed by atoms with van der Waals surface area (Å²) in [6.07, 6.45) is 1.92. The second kappa shape index (κ2) is 7.59. The number of methoxy groups -OCH3 is 1. The van der Waals surface area contributed by atoms with Crippen molar-refractivity contribution in [1.29, 1.82) is 0 Å². The molecule has 2 amide bonds. The van der Waals surface area contributed by atoms with E-state index in [1.165, 1.54) is 0 Å². The Kier molecular flexibility index (Phi) is 5.77. The number of rotatable bonds is 7. The number of hydrogen-bond acceptors (Lipinski definition) is 3. The van der Waals surface area contributed by atoms with Gasteiger partial charge in [-0.1, -0.05) is 6.07 Å². The molecule has 0 unspecified atom stereocenters. The minimum atomic E-state index is -0.0426. The highest BCUT2D eigenvalue weighted by Gasteiger charge is 2.30. The van der Waals surface area contributed by atoms with Crippen molar-refractivity contribution in [3.63, 3.8) is 0 Å². The van der Waals surface area contributed by atoms with Crippen LogP contribution in [0.15, 0.2) is 18.2 Å². The van der Waals surface area contributed by atoms with E-state index in [9.17, 15) is 9.59 Å². The fourth-order valence-corrected chi connectivity index (χ4v) is 2.42. The van der Waals surface area contributed by atoms with Crippen LogP contribution in [0.5, 0.6) is 0 Å². The van der Waals surface area contributed by atoms with Gasteiger partial charge in [-0.25, -0.2) is 0 Å². The predicted molar refractivity (Wildman–Crippen MR) is 90.6 cm³/mol. The first kappa shape index (κ1) is 17.5. The third kappa shape index (κ3) is 4.55. The van der Waals surface area contributed by atoms with Crippen LogP contribution in [0.1, 0.15) is 42.6 Å². The van der Waals surface area contributed by atoms with Crippen molar-refractivity contribution < 1.29 is 14.3 Å². The fourth-order valence-electron chi connectivity index (χ4n) is 2.42. The average Bonchev–Trinajstić information content (AvgIpc) is 3.34. The van der Waals surface area contributed by atoms with Gasteiger partial charge in [-0.3, -0.25) is 9.59 Å². The molecule has 2 rings (SSSR count). The Morgan fingerprint density at radius 2 is 2.04 bits per heavy atom. The molecule has 5 heteroatoms. The first-order chi connectivity index (χ1) is 10.9. The second-order valence-corrected chi connectivity index (χ2v) is 6.38. The molecule has 1 N–H and O–H groups in total. The van der Waals surface area contributed by atoms with Crippen molar-refractivity contribution in [2.24, 2.45) is 5.92 Å². The average molecular weight is 318 g/mol. The van der Waals surface area contributed by atoms with E-state index in [0.717, 1.165) is 24.1 Å². The predicted octanol–water partition coefficient (Wildman–Crippen LogP) is 2.84. The first-order valence-electron chi connectivity index (χ1n) is 8.15. The molecule has 1 fully saturated rings. The molecule has 0 bridgehead atoms. The molecule has 1 aliphatic rings. The standard InChI is InChI=1S/C18H26N2O3/c1-12(2)20(9-10-23-4)18(22)15-6-5-13(3)16(11-15)19-17(21)14-7-8-14/h5-6,11-12,14H,7-10H2,1-4H3,(H,19,21). The number of hydrogen-bond donors (Lipinski definition) is 1. The zero-order valence-electron chi connectivity index (χ0n) is 14.4. The summed E-state index contributed by atoms with van der Waals surface area (Å²) >= 11 is 0. The molecule has 1 aliphatic carbocycles. The van der Waals surface area contributed by atoms with Crippen LogP contribution in [-0.2, 0) is 9.53 Å². The van der Waals surface area contributed by atoms with Crippen molar-refractivity contribution in [3.05, 3.63) is 29.3 Å². The molecule has 0 aliphatic heterocycles. The number of carbonyl (C=O) groups excluding carboxylic acids is 2. The van der Waals surface area contributed by atoms with E-state index in [-0.39, 0.29) is 23.8 Å². The minimum Gasteiger partial charge on any atom is -0.383 e. The Labute approximate surface area is 138 Å². The Morgan fingerprint density at radius 3 is 2.61 bits per heavy atom. The zero-order valence-corrected chi connectivity index (χ0v) is 14.4. The smallest absolute Gasteiger partial charge is 0.254 e. The van der Waals surface area contributed by atoms with Crippen LogP contribution in [0.2, 0.25) is 0 Å². The number of nitrogens with one attached hydrogen (secondary N) is 1. The van der Waals surface area contributed by atoms with Gasteiger partial charge >= 0.3 is 0 Å². The molecule has 0 atom stereocenters. The number of anilines is 1. The number of benzene rings is 1. The number of nitrogens with zero attached hydrogens (tertiary/aromatic N) is 1. The highest BCUT2D eigenvalue weighted by molar-refractivity contribution is 5.99. The monoisotopic (exact) mass is 318 g/mol. The summed E-state index contributed by atoms with van der Waals surface area (Å²) in [5.74, 6) is 0.152. The van der Waals surface area contributed by atoms with E-state index < -0.39 is 0 Å². The van der Waals surface area contributed by atoms with Gasteiger partial charge in [-0.2, -0.15) is 0 Å². The number of carbonyl (C=O) groups is 2.